The summed E-state index contributed by atoms with van der Waals surface area (Å²) in [7, 11) is 2.42. The quantitative estimate of drug-likeness (QED) is 0.690. The molecule has 2 aliphatic rings. The summed E-state index contributed by atoms with van der Waals surface area (Å²) in [4.78, 5) is 0. The van der Waals surface area contributed by atoms with E-state index >= 15 is 0 Å². The molecule has 0 bridgehead atoms. The number of hydrogen-bond acceptors (Lipinski definition) is 2. The highest BCUT2D eigenvalue weighted by molar-refractivity contribution is 5.73. The van der Waals surface area contributed by atoms with Crippen LogP contribution in [0.25, 0.3) is 5.52 Å². The Kier molecular flexibility index (Phi) is 4.86. The highest BCUT2D eigenvalue weighted by Crippen LogP contribution is 2.28. The number of piperidine rings is 1. The van der Waals surface area contributed by atoms with Crippen LogP contribution in [0.1, 0.15) is 49.1 Å². The van der Waals surface area contributed by atoms with E-state index in [4.69, 9.17) is 10.8 Å². The molecule has 0 atom stereocenters. The molecule has 2 N–H and O–H groups in total. The Morgan fingerprint density at radius 3 is 2.71 bits per heavy atom. The van der Waals surface area contributed by atoms with Gasteiger partial charge in [-0.3, -0.25) is 0 Å². The van der Waals surface area contributed by atoms with Crippen LogP contribution in [0.15, 0.2) is 12.1 Å². The molecule has 1 aliphatic carbocycles. The SMILES string of the molecule is C[N+]1(CCCc2nn3c4c(ccc3c2N)CCC4)CCCCC1.[CH3-]. The van der Waals surface area contributed by atoms with Crippen LogP contribution < -0.4 is 5.73 Å². The number of pyridine rings is 1. The lowest BCUT2D eigenvalue weighted by molar-refractivity contribution is -0.914. The van der Waals surface area contributed by atoms with Crippen LogP contribution >= 0.6 is 0 Å². The normalized spacial score (nSPS) is 19.2. The third-order valence-electron chi connectivity index (χ3n) is 5.97. The topological polar surface area (TPSA) is 43.3 Å². The zero-order valence-electron chi connectivity index (χ0n) is 15.4. The Morgan fingerprint density at radius 2 is 1.92 bits per heavy atom. The second-order valence-corrected chi connectivity index (χ2v) is 7.77. The number of quaternary nitrogens is 1. The number of anilines is 1. The Balaban J connectivity index is 0.00000169. The first-order valence-corrected chi connectivity index (χ1v) is 9.28. The van der Waals surface area contributed by atoms with E-state index in [0.29, 0.717) is 0 Å². The minimum atomic E-state index is 0. The lowest BCUT2D eigenvalue weighted by atomic mass is 10.1. The molecule has 1 saturated heterocycles. The molecular formula is C20H32N4. The van der Waals surface area contributed by atoms with E-state index in [1.807, 2.05) is 0 Å². The van der Waals surface area contributed by atoms with Crippen LogP contribution in [0.5, 0.6) is 0 Å². The first-order valence-electron chi connectivity index (χ1n) is 9.28. The average Bonchev–Trinajstić information content (AvgIpc) is 3.13. The van der Waals surface area contributed by atoms with E-state index in [1.165, 1.54) is 73.9 Å². The van der Waals surface area contributed by atoms with Gasteiger partial charge in [0.1, 0.15) is 0 Å². The number of nitrogens with zero attached hydrogens (tertiary/aromatic N) is 3. The maximum absolute atomic E-state index is 6.40. The molecule has 0 radical (unpaired) electrons. The predicted molar refractivity (Wildman–Crippen MR) is 101 cm³/mol. The van der Waals surface area contributed by atoms with E-state index < -0.39 is 0 Å². The zero-order chi connectivity index (χ0) is 15.9. The molecule has 0 amide bonds. The van der Waals surface area contributed by atoms with Gasteiger partial charge in [-0.25, -0.2) is 4.52 Å². The number of hydrogen-bond donors (Lipinski definition) is 1. The molecule has 1 aliphatic heterocycles. The van der Waals surface area contributed by atoms with Crippen molar-refractivity contribution in [3.8, 4) is 0 Å². The fourth-order valence-electron chi connectivity index (χ4n) is 4.52. The first kappa shape index (κ1) is 17.3. The number of likely N-dealkylation sites (tertiary alicyclic amines) is 1. The summed E-state index contributed by atoms with van der Waals surface area (Å²) in [6.45, 7) is 3.94. The van der Waals surface area contributed by atoms with E-state index in [-0.39, 0.29) is 7.43 Å². The van der Waals surface area contributed by atoms with Crippen molar-refractivity contribution >= 4 is 11.2 Å². The van der Waals surface area contributed by atoms with Crippen LogP contribution in [-0.2, 0) is 19.3 Å². The maximum Gasteiger partial charge on any atom is 0.0897 e. The molecule has 3 heterocycles. The van der Waals surface area contributed by atoms with Gasteiger partial charge in [0.05, 0.1) is 43.6 Å². The smallest absolute Gasteiger partial charge is 0.0897 e. The van der Waals surface area contributed by atoms with Crippen molar-refractivity contribution in [1.29, 1.82) is 0 Å². The van der Waals surface area contributed by atoms with E-state index in [1.54, 1.807) is 0 Å². The minimum Gasteiger partial charge on any atom is -0.395 e. The van der Waals surface area contributed by atoms with Gasteiger partial charge < -0.3 is 17.6 Å². The molecule has 132 valence electrons. The average molecular weight is 329 g/mol. The fraction of sp³-hybridized carbons (Fsp3) is 0.600. The molecule has 2 aromatic heterocycles. The van der Waals surface area contributed by atoms with Crippen LogP contribution in [0.4, 0.5) is 5.69 Å². The van der Waals surface area contributed by atoms with E-state index in [0.717, 1.165) is 29.7 Å². The molecule has 4 heteroatoms. The van der Waals surface area contributed by atoms with Gasteiger partial charge >= 0.3 is 0 Å². The van der Waals surface area contributed by atoms with Crippen LogP contribution in [-0.4, -0.2) is 40.8 Å². The third kappa shape index (κ3) is 3.04. The molecule has 4 rings (SSSR count). The first-order chi connectivity index (χ1) is 11.2. The van der Waals surface area contributed by atoms with Crippen molar-refractivity contribution in [2.45, 2.75) is 51.4 Å². The van der Waals surface area contributed by atoms with Gasteiger partial charge in [0.2, 0.25) is 0 Å². The molecule has 0 saturated carbocycles. The summed E-state index contributed by atoms with van der Waals surface area (Å²) in [5.74, 6) is 0. The lowest BCUT2D eigenvalue weighted by Crippen LogP contribution is -2.48. The van der Waals surface area contributed by atoms with Gasteiger partial charge in [0.15, 0.2) is 0 Å². The lowest BCUT2D eigenvalue weighted by Gasteiger charge is -2.37. The summed E-state index contributed by atoms with van der Waals surface area (Å²) in [6, 6.07) is 4.41. The summed E-state index contributed by atoms with van der Waals surface area (Å²) < 4.78 is 3.37. The summed E-state index contributed by atoms with van der Waals surface area (Å²) in [6.07, 6.45) is 9.97. The number of nitrogen functional groups attached to an aromatic ring is 1. The minimum absolute atomic E-state index is 0. The molecule has 0 unspecified atom stereocenters. The third-order valence-corrected chi connectivity index (χ3v) is 5.97. The predicted octanol–water partition coefficient (Wildman–Crippen LogP) is 3.42. The summed E-state index contributed by atoms with van der Waals surface area (Å²) >= 11 is 0. The van der Waals surface area contributed by atoms with Crippen molar-refractivity contribution < 1.29 is 4.48 Å². The van der Waals surface area contributed by atoms with Crippen LogP contribution in [0.2, 0.25) is 0 Å². The van der Waals surface area contributed by atoms with Crippen molar-refractivity contribution in [2.75, 3.05) is 32.4 Å². The largest absolute Gasteiger partial charge is 0.395 e. The molecule has 2 aromatic rings. The van der Waals surface area contributed by atoms with Crippen molar-refractivity contribution in [1.82, 2.24) is 9.61 Å². The molecule has 0 spiro atoms. The monoisotopic (exact) mass is 328 g/mol. The van der Waals surface area contributed by atoms with Crippen LogP contribution in [0.3, 0.4) is 0 Å². The Labute approximate surface area is 146 Å². The number of aromatic nitrogens is 2. The second-order valence-electron chi connectivity index (χ2n) is 7.77. The second kappa shape index (κ2) is 6.75. The van der Waals surface area contributed by atoms with Crippen molar-refractivity contribution in [2.24, 2.45) is 0 Å². The standard InChI is InChI=1S/C19H29N4.CH3/c1-23(12-3-2-4-13-23)14-6-8-16-19(20)18-11-10-15-7-5-9-17(15)22(18)21-16;/h10-11H,2-9,12-14,20H2,1H3;1H3/q+1;-1. The number of fused-ring (bicyclic) bond motifs is 3. The molecular weight excluding hydrogens is 296 g/mol. The summed E-state index contributed by atoms with van der Waals surface area (Å²) in [5, 5.41) is 4.87. The summed E-state index contributed by atoms with van der Waals surface area (Å²) in [5.41, 5.74) is 12.4. The van der Waals surface area contributed by atoms with Gasteiger partial charge in [0.25, 0.3) is 0 Å². The fourth-order valence-corrected chi connectivity index (χ4v) is 4.52. The van der Waals surface area contributed by atoms with Gasteiger partial charge in [-0.2, -0.15) is 5.10 Å². The number of aryl methyl sites for hydroxylation is 3. The van der Waals surface area contributed by atoms with Gasteiger partial charge in [-0.15, -0.1) is 0 Å². The van der Waals surface area contributed by atoms with Gasteiger partial charge in [-0.1, -0.05) is 6.07 Å². The van der Waals surface area contributed by atoms with Crippen molar-refractivity contribution in [3.05, 3.63) is 36.5 Å². The Bertz CT molecular complexity index is 710. The maximum atomic E-state index is 6.40. The van der Waals surface area contributed by atoms with Crippen molar-refractivity contribution in [3.63, 3.8) is 0 Å². The zero-order valence-corrected chi connectivity index (χ0v) is 15.4. The Hall–Kier alpha value is -1.55. The van der Waals surface area contributed by atoms with Crippen LogP contribution in [0, 0.1) is 7.43 Å². The van der Waals surface area contributed by atoms with Gasteiger partial charge in [-0.05, 0) is 56.6 Å². The van der Waals surface area contributed by atoms with E-state index in [2.05, 4.69) is 23.7 Å². The number of nitrogens with two attached hydrogens (primary N) is 1. The molecule has 0 aromatic carbocycles. The Morgan fingerprint density at radius 1 is 1.12 bits per heavy atom. The van der Waals surface area contributed by atoms with E-state index in [9.17, 15) is 0 Å². The molecule has 24 heavy (non-hydrogen) atoms. The highest BCUT2D eigenvalue weighted by atomic mass is 15.3. The number of rotatable bonds is 4. The van der Waals surface area contributed by atoms with Gasteiger partial charge in [0, 0.05) is 12.1 Å². The molecule has 4 nitrogen and oxygen atoms in total. The highest BCUT2D eigenvalue weighted by Gasteiger charge is 2.24. The molecule has 1 fully saturated rings.